The normalized spacial score (nSPS) is 21.9. The molecule has 1 atom stereocenters. The summed E-state index contributed by atoms with van der Waals surface area (Å²) in [5.74, 6) is -0.426. The number of carbonyl (C=O) groups excluding carboxylic acids is 2. The summed E-state index contributed by atoms with van der Waals surface area (Å²) in [7, 11) is -3.09. The Hall–Kier alpha value is -1.54. The van der Waals surface area contributed by atoms with Gasteiger partial charge >= 0.3 is 5.97 Å². The number of amides is 1. The fourth-order valence-electron chi connectivity index (χ4n) is 3.98. The minimum absolute atomic E-state index is 0.0209. The predicted molar refractivity (Wildman–Crippen MR) is 109 cm³/mol. The average Bonchev–Trinajstić information content (AvgIpc) is 3.06. The van der Waals surface area contributed by atoms with E-state index in [-0.39, 0.29) is 41.9 Å². The molecule has 1 heterocycles. The third-order valence-corrected chi connectivity index (χ3v) is 8.05. The van der Waals surface area contributed by atoms with Crippen LogP contribution in [0, 0.1) is 0 Å². The molecule has 6 nitrogen and oxygen atoms in total. The molecule has 0 aromatic heterocycles. The monoisotopic (exact) mass is 425 g/mol. The molecule has 0 N–H and O–H groups in total. The van der Waals surface area contributed by atoms with Gasteiger partial charge in [0.15, 0.2) is 16.4 Å². The highest BCUT2D eigenvalue weighted by molar-refractivity contribution is 8.00. The Bertz CT molecular complexity index is 775. The summed E-state index contributed by atoms with van der Waals surface area (Å²) in [5, 5.41) is 0. The number of sulfone groups is 1. The first-order chi connectivity index (χ1) is 13.4. The molecule has 3 rings (SSSR count). The fourth-order valence-corrected chi connectivity index (χ4v) is 6.41. The van der Waals surface area contributed by atoms with E-state index >= 15 is 0 Å². The molecule has 0 radical (unpaired) electrons. The molecule has 1 aliphatic carbocycles. The molecule has 1 aromatic rings. The smallest absolute Gasteiger partial charge is 0.316 e. The quantitative estimate of drug-likeness (QED) is 0.494. The maximum absolute atomic E-state index is 12.9. The molecule has 1 amide bonds. The molecule has 2 fully saturated rings. The number of ether oxygens (including phenoxy) is 1. The molecule has 28 heavy (non-hydrogen) atoms. The summed E-state index contributed by atoms with van der Waals surface area (Å²) in [6, 6.07) is 9.28. The summed E-state index contributed by atoms with van der Waals surface area (Å²) in [4.78, 5) is 27.6. The molecule has 0 spiro atoms. The fraction of sp³-hybridized carbons (Fsp3) is 0.600. The largest absolute Gasteiger partial charge is 0.455 e. The van der Waals surface area contributed by atoms with Gasteiger partial charge in [-0.1, -0.05) is 37.5 Å². The molecule has 0 bridgehead atoms. The number of nitrogens with zero attached hydrogens (tertiary/aromatic N) is 1. The van der Waals surface area contributed by atoms with Crippen molar-refractivity contribution >= 4 is 33.5 Å². The Morgan fingerprint density at radius 2 is 1.75 bits per heavy atom. The minimum Gasteiger partial charge on any atom is -0.455 e. The standard InChI is InChI=1S/C20H27NO5S2/c22-19(13-26-20(23)14-27-18-9-5-2-6-10-18)21(16-7-3-1-4-8-16)17-11-12-28(24,25)15-17/h2,5-6,9-10,16-17H,1,3-4,7-8,11-15H2. The Kier molecular flexibility index (Phi) is 7.40. The van der Waals surface area contributed by atoms with E-state index in [1.165, 1.54) is 11.8 Å². The number of esters is 1. The van der Waals surface area contributed by atoms with E-state index < -0.39 is 15.8 Å². The first-order valence-corrected chi connectivity index (χ1v) is 12.6. The Morgan fingerprint density at radius 3 is 2.39 bits per heavy atom. The van der Waals surface area contributed by atoms with Crippen molar-refractivity contribution in [1.82, 2.24) is 4.90 Å². The topological polar surface area (TPSA) is 80.8 Å². The molecule has 2 aliphatic rings. The van der Waals surface area contributed by atoms with E-state index in [0.717, 1.165) is 37.0 Å². The number of hydrogen-bond donors (Lipinski definition) is 0. The lowest BCUT2D eigenvalue weighted by atomic mass is 9.93. The van der Waals surface area contributed by atoms with Gasteiger partial charge in [0.1, 0.15) is 0 Å². The molecule has 1 aromatic carbocycles. The molecular weight excluding hydrogens is 398 g/mol. The minimum atomic E-state index is -3.09. The van der Waals surface area contributed by atoms with Crippen LogP contribution in [-0.2, 0) is 24.2 Å². The predicted octanol–water partition coefficient (Wildman–Crippen LogP) is 2.67. The summed E-state index contributed by atoms with van der Waals surface area (Å²) >= 11 is 1.36. The van der Waals surface area contributed by atoms with Crippen LogP contribution >= 0.6 is 11.8 Å². The highest BCUT2D eigenvalue weighted by Crippen LogP contribution is 2.28. The van der Waals surface area contributed by atoms with Gasteiger partial charge in [-0.2, -0.15) is 0 Å². The van der Waals surface area contributed by atoms with Crippen molar-refractivity contribution in [3.63, 3.8) is 0 Å². The molecule has 1 saturated heterocycles. The van der Waals surface area contributed by atoms with Crippen molar-refractivity contribution in [3.05, 3.63) is 30.3 Å². The van der Waals surface area contributed by atoms with E-state index in [9.17, 15) is 18.0 Å². The second-order valence-electron chi connectivity index (χ2n) is 7.41. The third-order valence-electron chi connectivity index (χ3n) is 5.31. The zero-order valence-electron chi connectivity index (χ0n) is 15.9. The van der Waals surface area contributed by atoms with Gasteiger partial charge in [0.2, 0.25) is 0 Å². The summed E-state index contributed by atoms with van der Waals surface area (Å²) in [6.45, 7) is -0.318. The highest BCUT2D eigenvalue weighted by atomic mass is 32.2. The second kappa shape index (κ2) is 9.78. The van der Waals surface area contributed by atoms with Crippen LogP contribution in [-0.4, -0.2) is 61.1 Å². The van der Waals surface area contributed by atoms with Crippen LogP contribution in [0.25, 0.3) is 0 Å². The van der Waals surface area contributed by atoms with Crippen LogP contribution in [0.15, 0.2) is 35.2 Å². The Morgan fingerprint density at radius 1 is 1.04 bits per heavy atom. The van der Waals surface area contributed by atoms with Crippen molar-refractivity contribution < 1.29 is 22.7 Å². The molecular formula is C20H27NO5S2. The van der Waals surface area contributed by atoms with E-state index in [1.807, 2.05) is 30.3 Å². The summed E-state index contributed by atoms with van der Waals surface area (Å²) in [6.07, 6.45) is 5.48. The van der Waals surface area contributed by atoms with Gasteiger partial charge in [-0.25, -0.2) is 8.42 Å². The lowest BCUT2D eigenvalue weighted by Crippen LogP contribution is -2.50. The van der Waals surface area contributed by atoms with Gasteiger partial charge in [-0.3, -0.25) is 9.59 Å². The van der Waals surface area contributed by atoms with E-state index in [1.54, 1.807) is 4.90 Å². The second-order valence-corrected chi connectivity index (χ2v) is 10.7. The van der Waals surface area contributed by atoms with Crippen LogP contribution < -0.4 is 0 Å². The lowest BCUT2D eigenvalue weighted by molar-refractivity contribution is -0.152. The van der Waals surface area contributed by atoms with Crippen molar-refractivity contribution in [2.24, 2.45) is 0 Å². The van der Waals surface area contributed by atoms with Gasteiger partial charge in [-0.15, -0.1) is 11.8 Å². The van der Waals surface area contributed by atoms with E-state index in [4.69, 9.17) is 4.74 Å². The number of benzene rings is 1. The zero-order valence-corrected chi connectivity index (χ0v) is 17.6. The van der Waals surface area contributed by atoms with Gasteiger partial charge in [0, 0.05) is 17.0 Å². The van der Waals surface area contributed by atoms with E-state index in [0.29, 0.717) is 6.42 Å². The molecule has 154 valence electrons. The van der Waals surface area contributed by atoms with Gasteiger partial charge in [0.05, 0.1) is 17.3 Å². The van der Waals surface area contributed by atoms with Crippen molar-refractivity contribution in [2.75, 3.05) is 23.9 Å². The summed E-state index contributed by atoms with van der Waals surface area (Å²) < 4.78 is 29.0. The molecule has 1 aliphatic heterocycles. The number of hydrogen-bond acceptors (Lipinski definition) is 6. The van der Waals surface area contributed by atoms with Gasteiger partial charge < -0.3 is 9.64 Å². The van der Waals surface area contributed by atoms with Crippen LogP contribution in [0.5, 0.6) is 0 Å². The average molecular weight is 426 g/mol. The SMILES string of the molecule is O=C(CSc1ccccc1)OCC(=O)N(C1CCCCC1)C1CCS(=O)(=O)C1. The van der Waals surface area contributed by atoms with Crippen LogP contribution in [0.2, 0.25) is 0 Å². The molecule has 8 heteroatoms. The Labute approximate surface area is 170 Å². The first kappa shape index (κ1) is 21.2. The number of rotatable bonds is 7. The zero-order chi connectivity index (χ0) is 20.0. The number of thioether (sulfide) groups is 1. The van der Waals surface area contributed by atoms with Crippen LogP contribution in [0.1, 0.15) is 38.5 Å². The Balaban J connectivity index is 1.55. The highest BCUT2D eigenvalue weighted by Gasteiger charge is 2.38. The lowest BCUT2D eigenvalue weighted by Gasteiger charge is -2.38. The molecule has 1 saturated carbocycles. The maximum Gasteiger partial charge on any atom is 0.316 e. The van der Waals surface area contributed by atoms with Crippen molar-refractivity contribution in [1.29, 1.82) is 0 Å². The van der Waals surface area contributed by atoms with Crippen LogP contribution in [0.3, 0.4) is 0 Å². The van der Waals surface area contributed by atoms with E-state index in [2.05, 4.69) is 0 Å². The third kappa shape index (κ3) is 5.98. The maximum atomic E-state index is 12.9. The van der Waals surface area contributed by atoms with Crippen LogP contribution in [0.4, 0.5) is 0 Å². The van der Waals surface area contributed by atoms with Gasteiger partial charge in [0.25, 0.3) is 5.91 Å². The summed E-state index contributed by atoms with van der Waals surface area (Å²) in [5.41, 5.74) is 0. The van der Waals surface area contributed by atoms with Gasteiger partial charge in [-0.05, 0) is 31.4 Å². The number of carbonyl (C=O) groups is 2. The van der Waals surface area contributed by atoms with Crippen molar-refractivity contribution in [3.8, 4) is 0 Å². The van der Waals surface area contributed by atoms with Crippen molar-refractivity contribution in [2.45, 2.75) is 55.5 Å². The molecule has 1 unspecified atom stereocenters. The first-order valence-electron chi connectivity index (χ1n) is 9.80.